The molecule has 3 heteroatoms. The zero-order chi connectivity index (χ0) is 12.8. The smallest absolute Gasteiger partial charge is 0.133 e. The lowest BCUT2D eigenvalue weighted by atomic mass is 9.88. The average Bonchev–Trinajstić information content (AvgIpc) is 2.39. The Labute approximate surface area is 108 Å². The molecule has 1 aliphatic rings. The molecule has 2 rings (SSSR count). The van der Waals surface area contributed by atoms with Crippen LogP contribution in [0, 0.1) is 0 Å². The highest BCUT2D eigenvalue weighted by molar-refractivity contribution is 5.79. The van der Waals surface area contributed by atoms with Crippen molar-refractivity contribution in [3.8, 4) is 5.75 Å². The fourth-order valence-corrected chi connectivity index (χ4v) is 2.47. The van der Waals surface area contributed by atoms with Crippen LogP contribution in [0.1, 0.15) is 43.6 Å². The van der Waals surface area contributed by atoms with E-state index < -0.39 is 0 Å². The predicted octanol–water partition coefficient (Wildman–Crippen LogP) is 2.64. The van der Waals surface area contributed by atoms with Crippen LogP contribution in [-0.4, -0.2) is 18.9 Å². The van der Waals surface area contributed by atoms with E-state index in [-0.39, 0.29) is 0 Å². The number of unbranched alkanes of at least 4 members (excludes halogenated alkanes) is 1. The summed E-state index contributed by atoms with van der Waals surface area (Å²) in [6.07, 6.45) is 4.11. The quantitative estimate of drug-likeness (QED) is 0.786. The number of para-hydroxylation sites is 1. The van der Waals surface area contributed by atoms with Gasteiger partial charge in [-0.05, 0) is 43.4 Å². The molecule has 3 nitrogen and oxygen atoms in total. The largest absolute Gasteiger partial charge is 0.493 e. The third-order valence-electron chi connectivity index (χ3n) is 3.47. The number of carbonyl (C=O) groups excluding carboxylic acids is 1. The van der Waals surface area contributed by atoms with Crippen LogP contribution in [-0.2, 0) is 4.79 Å². The van der Waals surface area contributed by atoms with Gasteiger partial charge in [0, 0.05) is 12.8 Å². The second kappa shape index (κ2) is 6.55. The van der Waals surface area contributed by atoms with Crippen LogP contribution in [0.5, 0.6) is 5.75 Å². The van der Waals surface area contributed by atoms with Gasteiger partial charge < -0.3 is 10.5 Å². The Kier molecular flexibility index (Phi) is 4.76. The fraction of sp³-hybridized carbons (Fsp3) is 0.533. The molecule has 2 N–H and O–H groups in total. The van der Waals surface area contributed by atoms with Crippen molar-refractivity contribution in [2.75, 3.05) is 13.2 Å². The molecular formula is C15H21NO2. The van der Waals surface area contributed by atoms with Gasteiger partial charge in [-0.2, -0.15) is 0 Å². The predicted molar refractivity (Wildman–Crippen MR) is 71.8 cm³/mol. The van der Waals surface area contributed by atoms with Crippen LogP contribution >= 0.6 is 0 Å². The minimum absolute atomic E-state index is 0.334. The molecule has 1 aromatic carbocycles. The van der Waals surface area contributed by atoms with Crippen molar-refractivity contribution in [3.05, 3.63) is 29.8 Å². The Morgan fingerprint density at radius 1 is 1.33 bits per heavy atom. The van der Waals surface area contributed by atoms with Gasteiger partial charge >= 0.3 is 0 Å². The van der Waals surface area contributed by atoms with Crippen molar-refractivity contribution < 1.29 is 9.53 Å². The zero-order valence-electron chi connectivity index (χ0n) is 10.7. The van der Waals surface area contributed by atoms with Crippen molar-refractivity contribution in [1.29, 1.82) is 0 Å². The van der Waals surface area contributed by atoms with Crippen LogP contribution in [0.25, 0.3) is 0 Å². The molecule has 0 saturated heterocycles. The monoisotopic (exact) mass is 247 g/mol. The van der Waals surface area contributed by atoms with E-state index in [0.29, 0.717) is 31.1 Å². The number of nitrogens with two attached hydrogens (primary N) is 1. The molecule has 0 saturated carbocycles. The maximum Gasteiger partial charge on any atom is 0.133 e. The molecule has 1 heterocycles. The Hall–Kier alpha value is -1.35. The molecule has 0 aromatic heterocycles. The number of ether oxygens (including phenoxy) is 1. The van der Waals surface area contributed by atoms with Crippen LogP contribution in [0.3, 0.4) is 0 Å². The summed E-state index contributed by atoms with van der Waals surface area (Å²) in [5, 5.41) is 0. The molecule has 1 aromatic rings. The van der Waals surface area contributed by atoms with Crippen molar-refractivity contribution in [2.45, 2.75) is 38.0 Å². The minimum Gasteiger partial charge on any atom is -0.493 e. The third kappa shape index (κ3) is 3.33. The van der Waals surface area contributed by atoms with Crippen LogP contribution in [0.2, 0.25) is 0 Å². The van der Waals surface area contributed by atoms with Crippen molar-refractivity contribution in [2.24, 2.45) is 5.73 Å². The molecular weight excluding hydrogens is 226 g/mol. The summed E-state index contributed by atoms with van der Waals surface area (Å²) in [5.41, 5.74) is 6.63. The van der Waals surface area contributed by atoms with E-state index in [1.807, 2.05) is 18.2 Å². The number of benzene rings is 1. The van der Waals surface area contributed by atoms with Crippen LogP contribution in [0.15, 0.2) is 24.3 Å². The molecule has 0 amide bonds. The molecule has 0 radical (unpaired) electrons. The first kappa shape index (κ1) is 13.1. The van der Waals surface area contributed by atoms with E-state index in [4.69, 9.17) is 10.5 Å². The van der Waals surface area contributed by atoms with Gasteiger partial charge in [0.15, 0.2) is 0 Å². The molecule has 0 bridgehead atoms. The number of hydrogen-bond donors (Lipinski definition) is 1. The third-order valence-corrected chi connectivity index (χ3v) is 3.47. The van der Waals surface area contributed by atoms with Gasteiger partial charge in [-0.25, -0.2) is 0 Å². The van der Waals surface area contributed by atoms with Crippen LogP contribution < -0.4 is 10.5 Å². The summed E-state index contributed by atoms with van der Waals surface area (Å²) in [5.74, 6) is 1.63. The van der Waals surface area contributed by atoms with Gasteiger partial charge in [0.1, 0.15) is 11.5 Å². The van der Waals surface area contributed by atoms with Gasteiger partial charge in [0.05, 0.1) is 6.61 Å². The van der Waals surface area contributed by atoms with Gasteiger partial charge in [-0.15, -0.1) is 0 Å². The molecule has 0 aliphatic carbocycles. The fourth-order valence-electron chi connectivity index (χ4n) is 2.47. The van der Waals surface area contributed by atoms with Gasteiger partial charge in [0.2, 0.25) is 0 Å². The van der Waals surface area contributed by atoms with Crippen molar-refractivity contribution in [1.82, 2.24) is 0 Å². The summed E-state index contributed by atoms with van der Waals surface area (Å²) in [6, 6.07) is 8.05. The van der Waals surface area contributed by atoms with E-state index in [0.717, 1.165) is 31.6 Å². The number of carbonyl (C=O) groups is 1. The molecule has 0 fully saturated rings. The molecule has 18 heavy (non-hydrogen) atoms. The Morgan fingerprint density at radius 3 is 3.00 bits per heavy atom. The molecule has 0 spiro atoms. The van der Waals surface area contributed by atoms with Crippen molar-refractivity contribution >= 4 is 5.78 Å². The Bertz CT molecular complexity index is 403. The number of fused-ring (bicyclic) bond motifs is 1. The molecule has 98 valence electrons. The molecule has 1 atom stereocenters. The van der Waals surface area contributed by atoms with Gasteiger partial charge in [0.25, 0.3) is 0 Å². The van der Waals surface area contributed by atoms with Crippen molar-refractivity contribution in [3.63, 3.8) is 0 Å². The molecule has 1 unspecified atom stereocenters. The van der Waals surface area contributed by atoms with Crippen LogP contribution in [0.4, 0.5) is 0 Å². The highest BCUT2D eigenvalue weighted by atomic mass is 16.5. The Balaban J connectivity index is 1.92. The topological polar surface area (TPSA) is 52.3 Å². The summed E-state index contributed by atoms with van der Waals surface area (Å²) in [4.78, 5) is 11.9. The first-order valence-corrected chi connectivity index (χ1v) is 6.74. The number of hydrogen-bond acceptors (Lipinski definition) is 3. The summed E-state index contributed by atoms with van der Waals surface area (Å²) in [6.45, 7) is 1.39. The first-order valence-electron chi connectivity index (χ1n) is 6.74. The lowest BCUT2D eigenvalue weighted by Gasteiger charge is -2.25. The summed E-state index contributed by atoms with van der Waals surface area (Å²) < 4.78 is 5.61. The first-order chi connectivity index (χ1) is 8.81. The van der Waals surface area contributed by atoms with E-state index in [2.05, 4.69) is 6.07 Å². The number of Topliss-reactive ketones (excluding diaryl/α,β-unsaturated/α-hetero) is 1. The summed E-state index contributed by atoms with van der Waals surface area (Å²) in [7, 11) is 0. The maximum absolute atomic E-state index is 11.9. The van der Waals surface area contributed by atoms with E-state index in [1.165, 1.54) is 5.56 Å². The highest BCUT2D eigenvalue weighted by Gasteiger charge is 2.22. The van der Waals surface area contributed by atoms with Gasteiger partial charge in [-0.3, -0.25) is 4.79 Å². The Morgan fingerprint density at radius 2 is 2.17 bits per heavy atom. The van der Waals surface area contributed by atoms with E-state index in [9.17, 15) is 4.79 Å². The van der Waals surface area contributed by atoms with E-state index in [1.54, 1.807) is 0 Å². The second-order valence-electron chi connectivity index (χ2n) is 4.86. The highest BCUT2D eigenvalue weighted by Crippen LogP contribution is 2.35. The lowest BCUT2D eigenvalue weighted by molar-refractivity contribution is -0.119. The standard InChI is InChI=1S/C15H21NO2/c16-9-4-3-5-13(17)11-12-8-10-18-15-7-2-1-6-14(12)15/h1-2,6-7,12H,3-5,8-11,16H2. The number of ketones is 1. The second-order valence-corrected chi connectivity index (χ2v) is 4.86. The summed E-state index contributed by atoms with van der Waals surface area (Å²) >= 11 is 0. The van der Waals surface area contributed by atoms with E-state index >= 15 is 0 Å². The SMILES string of the molecule is NCCCCC(=O)CC1CCOc2ccccc21. The van der Waals surface area contributed by atoms with Gasteiger partial charge in [-0.1, -0.05) is 18.2 Å². The zero-order valence-corrected chi connectivity index (χ0v) is 10.7. The number of rotatable bonds is 6. The lowest BCUT2D eigenvalue weighted by Crippen LogP contribution is -2.17. The molecule has 1 aliphatic heterocycles. The maximum atomic E-state index is 11.9. The minimum atomic E-state index is 0.334. The normalized spacial score (nSPS) is 17.9. The average molecular weight is 247 g/mol.